The van der Waals surface area contributed by atoms with Crippen LogP contribution in [0, 0.1) is 0 Å². The second-order valence-electron chi connectivity index (χ2n) is 10.2. The van der Waals surface area contributed by atoms with Crippen LogP contribution in [0.4, 0.5) is 14.7 Å². The number of halogens is 2. The first-order valence-electron chi connectivity index (χ1n) is 10.4. The number of piperidine rings is 1. The Morgan fingerprint density at radius 2 is 1.77 bits per heavy atom. The first kappa shape index (κ1) is 24.0. The highest BCUT2D eigenvalue weighted by atomic mass is 32.1. The lowest BCUT2D eigenvalue weighted by Gasteiger charge is -2.46. The minimum absolute atomic E-state index is 0.0263. The summed E-state index contributed by atoms with van der Waals surface area (Å²) in [6.07, 6.45) is 1.34. The predicted molar refractivity (Wildman–Crippen MR) is 119 cm³/mol. The number of hydrogen-bond acceptors (Lipinski definition) is 7. The van der Waals surface area contributed by atoms with E-state index in [2.05, 4.69) is 48.3 Å². The fourth-order valence-corrected chi connectivity index (χ4v) is 5.33. The van der Waals surface area contributed by atoms with Crippen molar-refractivity contribution in [2.75, 3.05) is 5.32 Å². The quantitative estimate of drug-likeness (QED) is 0.518. The molecule has 6 nitrogen and oxygen atoms in total. The molecule has 1 saturated heterocycles. The molecule has 0 aromatic carbocycles. The molecule has 0 amide bonds. The zero-order valence-corrected chi connectivity index (χ0v) is 19.6. The van der Waals surface area contributed by atoms with E-state index in [-0.39, 0.29) is 22.0 Å². The van der Waals surface area contributed by atoms with Crippen LogP contribution < -0.4 is 10.6 Å². The molecule has 0 radical (unpaired) electrons. The SMILES string of the molecule is CC1(C)CC(Nc2nccc(-c3ccc(C(O)C(F)(F)C(C)(C)O)s3)n2)CC(C)(C)N1. The average molecular weight is 455 g/mol. The second-order valence-corrected chi connectivity index (χ2v) is 11.3. The van der Waals surface area contributed by atoms with Crippen molar-refractivity contribution >= 4 is 17.3 Å². The van der Waals surface area contributed by atoms with Gasteiger partial charge in [0.1, 0.15) is 5.60 Å². The fraction of sp³-hybridized carbons (Fsp3) is 0.636. The van der Waals surface area contributed by atoms with Crippen molar-refractivity contribution in [2.45, 2.75) is 89.1 Å². The van der Waals surface area contributed by atoms with Crippen LogP contribution in [-0.4, -0.2) is 48.8 Å². The minimum atomic E-state index is -3.69. The molecule has 1 fully saturated rings. The van der Waals surface area contributed by atoms with Crippen molar-refractivity contribution in [1.29, 1.82) is 0 Å². The average Bonchev–Trinajstić information content (AvgIpc) is 3.07. The Morgan fingerprint density at radius 3 is 2.35 bits per heavy atom. The number of thiophene rings is 1. The third kappa shape index (κ3) is 5.39. The van der Waals surface area contributed by atoms with E-state index in [1.165, 1.54) is 6.07 Å². The van der Waals surface area contributed by atoms with Crippen LogP contribution in [0.1, 0.15) is 65.4 Å². The number of rotatable bonds is 6. The van der Waals surface area contributed by atoms with Gasteiger partial charge in [0.25, 0.3) is 0 Å². The maximum atomic E-state index is 14.3. The standard InChI is InChI=1S/C22H32F2N4O2S/c1-19(2)11-13(12-20(3,4)28-19)26-18-25-10-9-14(27-18)15-7-8-16(31-15)17(29)22(23,24)21(5,6)30/h7-10,13,17,28-30H,11-12H2,1-6H3,(H,25,26,27). The maximum Gasteiger partial charge on any atom is 0.305 e. The number of aliphatic hydroxyl groups excluding tert-OH is 1. The fourth-order valence-electron chi connectivity index (χ4n) is 4.32. The molecule has 9 heteroatoms. The Labute approximate surface area is 186 Å². The monoisotopic (exact) mass is 454 g/mol. The van der Waals surface area contributed by atoms with Crippen LogP contribution in [-0.2, 0) is 0 Å². The van der Waals surface area contributed by atoms with Gasteiger partial charge in [-0.25, -0.2) is 18.7 Å². The van der Waals surface area contributed by atoms with E-state index in [0.717, 1.165) is 38.0 Å². The zero-order valence-electron chi connectivity index (χ0n) is 18.8. The van der Waals surface area contributed by atoms with E-state index < -0.39 is 17.6 Å². The van der Waals surface area contributed by atoms with E-state index >= 15 is 0 Å². The van der Waals surface area contributed by atoms with Crippen molar-refractivity contribution in [3.63, 3.8) is 0 Å². The van der Waals surface area contributed by atoms with E-state index in [9.17, 15) is 19.0 Å². The lowest BCUT2D eigenvalue weighted by molar-refractivity contribution is -0.217. The molecule has 1 unspecified atom stereocenters. The second kappa shape index (κ2) is 8.03. The molecule has 1 aliphatic rings. The molecule has 1 atom stereocenters. The van der Waals surface area contributed by atoms with Crippen molar-refractivity contribution < 1.29 is 19.0 Å². The van der Waals surface area contributed by atoms with Gasteiger partial charge in [0.15, 0.2) is 6.10 Å². The Bertz CT molecular complexity index is 908. The van der Waals surface area contributed by atoms with Gasteiger partial charge in [-0.05, 0) is 72.6 Å². The first-order valence-corrected chi connectivity index (χ1v) is 11.2. The number of alkyl halides is 2. The number of anilines is 1. The van der Waals surface area contributed by atoms with Crippen LogP contribution in [0.2, 0.25) is 0 Å². The summed E-state index contributed by atoms with van der Waals surface area (Å²) in [4.78, 5) is 9.60. The van der Waals surface area contributed by atoms with Crippen LogP contribution >= 0.6 is 11.3 Å². The van der Waals surface area contributed by atoms with Gasteiger partial charge in [-0.3, -0.25) is 0 Å². The largest absolute Gasteiger partial charge is 0.384 e. The lowest BCUT2D eigenvalue weighted by Crippen LogP contribution is -2.60. The maximum absolute atomic E-state index is 14.3. The molecule has 31 heavy (non-hydrogen) atoms. The number of hydrogen-bond donors (Lipinski definition) is 4. The smallest absolute Gasteiger partial charge is 0.305 e. The first-order chi connectivity index (χ1) is 14.1. The van der Waals surface area contributed by atoms with Crippen molar-refractivity contribution in [3.05, 3.63) is 29.3 Å². The summed E-state index contributed by atoms with van der Waals surface area (Å²) in [6.45, 7) is 10.6. The van der Waals surface area contributed by atoms with Gasteiger partial charge < -0.3 is 20.8 Å². The molecule has 4 N–H and O–H groups in total. The van der Waals surface area contributed by atoms with Crippen LogP contribution in [0.5, 0.6) is 0 Å². The molecule has 2 aromatic rings. The minimum Gasteiger partial charge on any atom is -0.384 e. The Balaban J connectivity index is 1.79. The van der Waals surface area contributed by atoms with Gasteiger partial charge in [-0.1, -0.05) is 0 Å². The molecule has 0 bridgehead atoms. The summed E-state index contributed by atoms with van der Waals surface area (Å²) < 4.78 is 28.7. The van der Waals surface area contributed by atoms with Crippen molar-refractivity contribution in [2.24, 2.45) is 0 Å². The highest BCUT2D eigenvalue weighted by molar-refractivity contribution is 7.15. The highest BCUT2D eigenvalue weighted by Crippen LogP contribution is 2.43. The topological polar surface area (TPSA) is 90.3 Å². The van der Waals surface area contributed by atoms with E-state index in [1.807, 2.05) is 0 Å². The van der Waals surface area contributed by atoms with Crippen LogP contribution in [0.15, 0.2) is 24.4 Å². The molecule has 3 heterocycles. The molecule has 0 spiro atoms. The van der Waals surface area contributed by atoms with Crippen LogP contribution in [0.3, 0.4) is 0 Å². The third-order valence-corrected chi connectivity index (χ3v) is 6.65. The third-order valence-electron chi connectivity index (χ3n) is 5.49. The summed E-state index contributed by atoms with van der Waals surface area (Å²) in [5.41, 5.74) is -1.82. The van der Waals surface area contributed by atoms with Gasteiger partial charge in [0.05, 0.1) is 10.6 Å². The number of nitrogens with zero attached hydrogens (tertiary/aromatic N) is 2. The Morgan fingerprint density at radius 1 is 1.16 bits per heavy atom. The molecule has 0 aliphatic carbocycles. The molecule has 1 aliphatic heterocycles. The van der Waals surface area contributed by atoms with Crippen LogP contribution in [0.25, 0.3) is 10.6 Å². The number of aromatic nitrogens is 2. The van der Waals surface area contributed by atoms with E-state index in [1.54, 1.807) is 18.3 Å². The summed E-state index contributed by atoms with van der Waals surface area (Å²) in [5, 5.41) is 26.9. The normalized spacial score (nSPS) is 20.5. The van der Waals surface area contributed by atoms with Crippen molar-refractivity contribution in [1.82, 2.24) is 15.3 Å². The Hall–Kier alpha value is -1.68. The van der Waals surface area contributed by atoms with Gasteiger partial charge >= 0.3 is 5.92 Å². The van der Waals surface area contributed by atoms with E-state index in [4.69, 9.17) is 0 Å². The molecule has 172 valence electrons. The van der Waals surface area contributed by atoms with E-state index in [0.29, 0.717) is 16.5 Å². The van der Waals surface area contributed by atoms with Gasteiger partial charge in [0, 0.05) is 28.2 Å². The summed E-state index contributed by atoms with van der Waals surface area (Å²) in [5.74, 6) is -3.21. The predicted octanol–water partition coefficient (Wildman–Crippen LogP) is 4.37. The summed E-state index contributed by atoms with van der Waals surface area (Å²) >= 11 is 1.02. The molecule has 2 aromatic heterocycles. The van der Waals surface area contributed by atoms with Crippen molar-refractivity contribution in [3.8, 4) is 10.6 Å². The molecule has 3 rings (SSSR count). The molecule has 0 saturated carbocycles. The summed E-state index contributed by atoms with van der Waals surface area (Å²) in [6, 6.07) is 4.98. The highest BCUT2D eigenvalue weighted by Gasteiger charge is 2.52. The summed E-state index contributed by atoms with van der Waals surface area (Å²) in [7, 11) is 0. The van der Waals surface area contributed by atoms with Gasteiger partial charge in [-0.15, -0.1) is 11.3 Å². The zero-order chi connectivity index (χ0) is 23.2. The van der Waals surface area contributed by atoms with Gasteiger partial charge in [0.2, 0.25) is 5.95 Å². The number of aliphatic hydroxyl groups is 2. The Kier molecular flexibility index (Phi) is 6.21. The molecular weight excluding hydrogens is 422 g/mol. The molecular formula is C22H32F2N4O2S. The van der Waals surface area contributed by atoms with Gasteiger partial charge in [-0.2, -0.15) is 0 Å². The number of nitrogens with one attached hydrogen (secondary N) is 2. The lowest BCUT2D eigenvalue weighted by atomic mass is 9.80.